The van der Waals surface area contributed by atoms with Gasteiger partial charge in [0.15, 0.2) is 6.61 Å². The second kappa shape index (κ2) is 12.1. The van der Waals surface area contributed by atoms with E-state index in [-0.39, 0.29) is 29.8 Å². The smallest absolute Gasteiger partial charge is 0.258 e. The molecule has 2 amide bonds. The second-order valence-corrected chi connectivity index (χ2v) is 10.0. The summed E-state index contributed by atoms with van der Waals surface area (Å²) in [5.74, 6) is 0.553. The number of carbonyl (C=O) groups excluding carboxylic acids is 2. The number of hydrazone groups is 1. The monoisotopic (exact) mass is 515 g/mol. The highest BCUT2D eigenvalue weighted by Crippen LogP contribution is 2.49. The third kappa shape index (κ3) is 6.39. The van der Waals surface area contributed by atoms with E-state index in [9.17, 15) is 9.59 Å². The molecule has 5 rings (SSSR count). The van der Waals surface area contributed by atoms with Gasteiger partial charge in [-0.2, -0.15) is 5.10 Å². The molecule has 8 heteroatoms. The van der Waals surface area contributed by atoms with E-state index in [2.05, 4.69) is 40.1 Å². The number of fused-ring (bicyclic) bond motifs is 3. The van der Waals surface area contributed by atoms with E-state index < -0.39 is 0 Å². The molecule has 2 N–H and O–H groups in total. The van der Waals surface area contributed by atoms with Crippen LogP contribution in [0, 0.1) is 0 Å². The van der Waals surface area contributed by atoms with Crippen molar-refractivity contribution in [2.75, 3.05) is 25.5 Å². The summed E-state index contributed by atoms with van der Waals surface area (Å²) < 4.78 is 11.0. The third-order valence-electron chi connectivity index (χ3n) is 6.36. The predicted molar refractivity (Wildman–Crippen MR) is 146 cm³/mol. The van der Waals surface area contributed by atoms with Gasteiger partial charge in [-0.3, -0.25) is 9.59 Å². The molecule has 1 saturated heterocycles. The summed E-state index contributed by atoms with van der Waals surface area (Å²) >= 11 is 1.60. The predicted octanol–water partition coefficient (Wildman–Crippen LogP) is 4.31. The zero-order valence-corrected chi connectivity index (χ0v) is 21.2. The van der Waals surface area contributed by atoms with Crippen LogP contribution in [0.5, 0.6) is 5.75 Å². The SMILES string of the molecule is O=C(COc1ccc(/C=N\NC(=O)CSC2c3ccccc3-c3ccccc32)cc1)NC[C@H]1CCCO1. The quantitative estimate of drug-likeness (QED) is 0.310. The van der Waals surface area contributed by atoms with Crippen molar-refractivity contribution in [1.29, 1.82) is 0 Å². The molecule has 1 aliphatic heterocycles. The van der Waals surface area contributed by atoms with Crippen LogP contribution in [0.2, 0.25) is 0 Å². The lowest BCUT2D eigenvalue weighted by Crippen LogP contribution is -2.35. The van der Waals surface area contributed by atoms with Gasteiger partial charge in [0.05, 0.1) is 23.3 Å². The lowest BCUT2D eigenvalue weighted by atomic mass is 10.1. The van der Waals surface area contributed by atoms with Crippen molar-refractivity contribution in [1.82, 2.24) is 10.7 Å². The first-order valence-electron chi connectivity index (χ1n) is 12.4. The lowest BCUT2D eigenvalue weighted by Gasteiger charge is -2.12. The standard InChI is InChI=1S/C29H29N3O4S/c33-27(30-17-22-6-5-15-35-22)18-36-21-13-11-20(12-14-21)16-31-32-28(34)19-37-29-25-9-3-1-7-23(25)24-8-2-4-10-26(24)29/h1-4,7-14,16,22,29H,5-6,15,17-19H2,(H,30,33)(H,32,34)/b31-16-/t22-/m1/s1. The number of rotatable bonds is 10. The van der Waals surface area contributed by atoms with Crippen molar-refractivity contribution < 1.29 is 19.1 Å². The number of hydrogen-bond acceptors (Lipinski definition) is 6. The van der Waals surface area contributed by atoms with Crippen LogP contribution in [0.15, 0.2) is 77.9 Å². The van der Waals surface area contributed by atoms with Crippen LogP contribution < -0.4 is 15.5 Å². The van der Waals surface area contributed by atoms with Crippen LogP contribution in [0.3, 0.4) is 0 Å². The Labute approximate surface area is 220 Å². The van der Waals surface area contributed by atoms with E-state index in [0.717, 1.165) is 25.0 Å². The van der Waals surface area contributed by atoms with Gasteiger partial charge in [0.2, 0.25) is 5.91 Å². The van der Waals surface area contributed by atoms with Crippen molar-refractivity contribution >= 4 is 29.8 Å². The lowest BCUT2D eigenvalue weighted by molar-refractivity contribution is -0.123. The summed E-state index contributed by atoms with van der Waals surface area (Å²) in [6.07, 6.45) is 3.71. The number of amides is 2. The summed E-state index contributed by atoms with van der Waals surface area (Å²) in [6, 6.07) is 23.9. The Morgan fingerprint density at radius 2 is 1.68 bits per heavy atom. The fraction of sp³-hybridized carbons (Fsp3) is 0.276. The van der Waals surface area contributed by atoms with E-state index in [4.69, 9.17) is 9.47 Å². The van der Waals surface area contributed by atoms with Gasteiger partial charge < -0.3 is 14.8 Å². The van der Waals surface area contributed by atoms with Gasteiger partial charge in [-0.05, 0) is 64.9 Å². The van der Waals surface area contributed by atoms with Crippen LogP contribution >= 0.6 is 11.8 Å². The highest BCUT2D eigenvalue weighted by Gasteiger charge is 2.28. The molecule has 190 valence electrons. The molecule has 0 unspecified atom stereocenters. The number of thioether (sulfide) groups is 1. The summed E-state index contributed by atoms with van der Waals surface area (Å²) in [4.78, 5) is 24.4. The molecular weight excluding hydrogens is 486 g/mol. The van der Waals surface area contributed by atoms with E-state index in [1.807, 2.05) is 36.4 Å². The Kier molecular flexibility index (Phi) is 8.18. The molecule has 7 nitrogen and oxygen atoms in total. The maximum absolute atomic E-state index is 12.4. The fourth-order valence-electron chi connectivity index (χ4n) is 4.54. The molecular formula is C29H29N3O4S. The molecule has 1 aliphatic carbocycles. The van der Waals surface area contributed by atoms with Gasteiger partial charge in [-0.25, -0.2) is 5.43 Å². The normalized spacial score (nSPS) is 16.4. The van der Waals surface area contributed by atoms with Gasteiger partial charge in [0, 0.05) is 13.2 Å². The molecule has 1 atom stereocenters. The van der Waals surface area contributed by atoms with Crippen LogP contribution in [0.4, 0.5) is 0 Å². The van der Waals surface area contributed by atoms with Gasteiger partial charge in [-0.1, -0.05) is 48.5 Å². The first-order valence-corrected chi connectivity index (χ1v) is 13.4. The molecule has 3 aromatic carbocycles. The highest BCUT2D eigenvalue weighted by atomic mass is 32.2. The van der Waals surface area contributed by atoms with Crippen molar-refractivity contribution in [2.45, 2.75) is 24.2 Å². The molecule has 1 fully saturated rings. The molecule has 0 bridgehead atoms. The Balaban J connectivity index is 1.05. The van der Waals surface area contributed by atoms with Crippen molar-refractivity contribution in [3.63, 3.8) is 0 Å². The largest absolute Gasteiger partial charge is 0.484 e. The molecule has 0 saturated carbocycles. The molecule has 0 spiro atoms. The molecule has 2 aliphatic rings. The first kappa shape index (κ1) is 25.0. The zero-order valence-electron chi connectivity index (χ0n) is 20.4. The second-order valence-electron chi connectivity index (χ2n) is 8.96. The Morgan fingerprint density at radius 3 is 2.35 bits per heavy atom. The van der Waals surface area contributed by atoms with E-state index >= 15 is 0 Å². The molecule has 0 radical (unpaired) electrons. The number of nitrogens with zero attached hydrogens (tertiary/aromatic N) is 1. The van der Waals surface area contributed by atoms with Gasteiger partial charge in [0.1, 0.15) is 5.75 Å². The Morgan fingerprint density at radius 1 is 0.973 bits per heavy atom. The van der Waals surface area contributed by atoms with E-state index in [0.29, 0.717) is 18.0 Å². The number of benzene rings is 3. The summed E-state index contributed by atoms with van der Waals surface area (Å²) in [5, 5.41) is 7.05. The molecule has 1 heterocycles. The van der Waals surface area contributed by atoms with Crippen LogP contribution in [0.25, 0.3) is 11.1 Å². The Hall–Kier alpha value is -3.62. The van der Waals surface area contributed by atoms with Crippen molar-refractivity contribution in [3.8, 4) is 16.9 Å². The van der Waals surface area contributed by atoms with Crippen molar-refractivity contribution in [2.24, 2.45) is 5.10 Å². The molecule has 3 aromatic rings. The molecule has 37 heavy (non-hydrogen) atoms. The minimum Gasteiger partial charge on any atom is -0.484 e. The van der Waals surface area contributed by atoms with Crippen LogP contribution in [-0.2, 0) is 14.3 Å². The average molecular weight is 516 g/mol. The van der Waals surface area contributed by atoms with Crippen LogP contribution in [-0.4, -0.2) is 49.6 Å². The molecule has 0 aromatic heterocycles. The summed E-state index contributed by atoms with van der Waals surface area (Å²) in [7, 11) is 0. The fourth-order valence-corrected chi connectivity index (χ4v) is 5.69. The van der Waals surface area contributed by atoms with E-state index in [1.54, 1.807) is 30.1 Å². The van der Waals surface area contributed by atoms with Gasteiger partial charge in [-0.15, -0.1) is 11.8 Å². The summed E-state index contributed by atoms with van der Waals surface area (Å²) in [6.45, 7) is 1.23. The zero-order chi connectivity index (χ0) is 25.5. The summed E-state index contributed by atoms with van der Waals surface area (Å²) in [5.41, 5.74) is 8.38. The average Bonchev–Trinajstić information content (AvgIpc) is 3.57. The third-order valence-corrected chi connectivity index (χ3v) is 7.63. The Bertz CT molecular complexity index is 1230. The van der Waals surface area contributed by atoms with E-state index in [1.165, 1.54) is 22.3 Å². The number of ether oxygens (including phenoxy) is 2. The minimum absolute atomic E-state index is 0.0518. The number of hydrogen-bond donors (Lipinski definition) is 2. The topological polar surface area (TPSA) is 89.0 Å². The van der Waals surface area contributed by atoms with Crippen molar-refractivity contribution in [3.05, 3.63) is 89.5 Å². The maximum atomic E-state index is 12.4. The number of carbonyl (C=O) groups is 2. The van der Waals surface area contributed by atoms with Gasteiger partial charge in [0.25, 0.3) is 5.91 Å². The highest BCUT2D eigenvalue weighted by molar-refractivity contribution is 8.00. The number of nitrogens with one attached hydrogen (secondary N) is 2. The maximum Gasteiger partial charge on any atom is 0.258 e. The van der Waals surface area contributed by atoms with Crippen LogP contribution in [0.1, 0.15) is 34.8 Å². The minimum atomic E-state index is -0.175. The van der Waals surface area contributed by atoms with Gasteiger partial charge >= 0.3 is 0 Å². The first-order chi connectivity index (χ1) is 18.2.